The Morgan fingerprint density at radius 2 is 2.25 bits per heavy atom. The SMILES string of the molecule is CCCCN1C(=O)CC2COCCN2C1=O. The Balaban J connectivity index is 2.04. The number of fused-ring (bicyclic) bond motifs is 1. The summed E-state index contributed by atoms with van der Waals surface area (Å²) >= 11 is 0. The molecule has 1 unspecified atom stereocenters. The number of hydrogen-bond donors (Lipinski definition) is 0. The fourth-order valence-corrected chi connectivity index (χ4v) is 2.19. The molecule has 0 saturated carbocycles. The highest BCUT2D eigenvalue weighted by Gasteiger charge is 2.39. The molecule has 2 fully saturated rings. The number of amides is 3. The third-order valence-corrected chi connectivity index (χ3v) is 3.15. The van der Waals surface area contributed by atoms with Crippen molar-refractivity contribution in [1.29, 1.82) is 0 Å². The van der Waals surface area contributed by atoms with Gasteiger partial charge in [0.2, 0.25) is 5.91 Å². The van der Waals surface area contributed by atoms with Crippen molar-refractivity contribution in [3.05, 3.63) is 0 Å². The fourth-order valence-electron chi connectivity index (χ4n) is 2.19. The van der Waals surface area contributed by atoms with E-state index < -0.39 is 0 Å². The molecule has 90 valence electrons. The average Bonchev–Trinajstić information content (AvgIpc) is 2.29. The van der Waals surface area contributed by atoms with Gasteiger partial charge in [-0.2, -0.15) is 0 Å². The highest BCUT2D eigenvalue weighted by Crippen LogP contribution is 2.20. The van der Waals surface area contributed by atoms with E-state index in [9.17, 15) is 9.59 Å². The van der Waals surface area contributed by atoms with Crippen LogP contribution in [-0.2, 0) is 9.53 Å². The molecule has 2 rings (SSSR count). The summed E-state index contributed by atoms with van der Waals surface area (Å²) in [5.41, 5.74) is 0. The van der Waals surface area contributed by atoms with Gasteiger partial charge in [0.15, 0.2) is 0 Å². The molecule has 0 aromatic heterocycles. The molecule has 5 nitrogen and oxygen atoms in total. The Labute approximate surface area is 95.3 Å². The largest absolute Gasteiger partial charge is 0.377 e. The second-order valence-corrected chi connectivity index (χ2v) is 4.31. The molecule has 0 aromatic carbocycles. The summed E-state index contributed by atoms with van der Waals surface area (Å²) in [4.78, 5) is 27.0. The molecule has 0 bridgehead atoms. The van der Waals surface area contributed by atoms with E-state index in [2.05, 4.69) is 6.92 Å². The molecule has 16 heavy (non-hydrogen) atoms. The minimum atomic E-state index is -0.127. The van der Waals surface area contributed by atoms with Crippen LogP contribution in [0, 0.1) is 0 Å². The number of ether oxygens (including phenoxy) is 1. The zero-order chi connectivity index (χ0) is 11.5. The number of hydrogen-bond acceptors (Lipinski definition) is 3. The Hall–Kier alpha value is -1.10. The summed E-state index contributed by atoms with van der Waals surface area (Å²) in [5.74, 6) is -0.0507. The second kappa shape index (κ2) is 4.82. The van der Waals surface area contributed by atoms with Gasteiger partial charge < -0.3 is 9.64 Å². The Bertz CT molecular complexity index is 293. The van der Waals surface area contributed by atoms with Crippen molar-refractivity contribution in [2.24, 2.45) is 0 Å². The Morgan fingerprint density at radius 1 is 1.44 bits per heavy atom. The maximum atomic E-state index is 12.1. The quantitative estimate of drug-likeness (QED) is 0.716. The lowest BCUT2D eigenvalue weighted by Gasteiger charge is -2.42. The Kier molecular flexibility index (Phi) is 3.43. The van der Waals surface area contributed by atoms with E-state index in [1.807, 2.05) is 0 Å². The maximum absolute atomic E-state index is 12.1. The lowest BCUT2D eigenvalue weighted by atomic mass is 10.1. The highest BCUT2D eigenvalue weighted by atomic mass is 16.5. The highest BCUT2D eigenvalue weighted by molar-refractivity contribution is 5.97. The van der Waals surface area contributed by atoms with Crippen LogP contribution < -0.4 is 0 Å². The van der Waals surface area contributed by atoms with Gasteiger partial charge in [-0.1, -0.05) is 13.3 Å². The molecule has 0 radical (unpaired) electrons. The van der Waals surface area contributed by atoms with Crippen LogP contribution in [0.5, 0.6) is 0 Å². The number of imide groups is 1. The molecule has 0 spiro atoms. The number of nitrogens with zero attached hydrogens (tertiary/aromatic N) is 2. The van der Waals surface area contributed by atoms with E-state index >= 15 is 0 Å². The lowest BCUT2D eigenvalue weighted by Crippen LogP contribution is -2.60. The number of carbonyl (C=O) groups excluding carboxylic acids is 2. The molecule has 1 atom stereocenters. The topological polar surface area (TPSA) is 49.9 Å². The standard InChI is InChI=1S/C11H18N2O3/c1-2-3-4-13-10(14)7-9-8-16-6-5-12(9)11(13)15/h9H,2-8H2,1H3. The van der Waals surface area contributed by atoms with Gasteiger partial charge in [0.25, 0.3) is 0 Å². The van der Waals surface area contributed by atoms with Gasteiger partial charge in [-0.15, -0.1) is 0 Å². The molecule has 2 saturated heterocycles. The summed E-state index contributed by atoms with van der Waals surface area (Å²) < 4.78 is 5.29. The van der Waals surface area contributed by atoms with Gasteiger partial charge in [0.1, 0.15) is 0 Å². The van der Waals surface area contributed by atoms with Crippen LogP contribution in [0.25, 0.3) is 0 Å². The zero-order valence-electron chi connectivity index (χ0n) is 9.65. The first-order valence-electron chi connectivity index (χ1n) is 5.92. The van der Waals surface area contributed by atoms with E-state index in [1.54, 1.807) is 4.90 Å². The van der Waals surface area contributed by atoms with E-state index in [1.165, 1.54) is 4.90 Å². The fraction of sp³-hybridized carbons (Fsp3) is 0.818. The van der Waals surface area contributed by atoms with Crippen LogP contribution in [-0.4, -0.2) is 54.1 Å². The molecule has 5 heteroatoms. The van der Waals surface area contributed by atoms with Gasteiger partial charge in [-0.05, 0) is 6.42 Å². The minimum Gasteiger partial charge on any atom is -0.377 e. The number of rotatable bonds is 3. The predicted molar refractivity (Wildman–Crippen MR) is 57.9 cm³/mol. The molecule has 0 aliphatic carbocycles. The molecule has 0 N–H and O–H groups in total. The smallest absolute Gasteiger partial charge is 0.327 e. The van der Waals surface area contributed by atoms with E-state index in [4.69, 9.17) is 4.74 Å². The van der Waals surface area contributed by atoms with Gasteiger partial charge in [-0.25, -0.2) is 4.79 Å². The maximum Gasteiger partial charge on any atom is 0.327 e. The molecular formula is C11H18N2O3. The first kappa shape index (κ1) is 11.4. The van der Waals surface area contributed by atoms with Crippen LogP contribution in [0.3, 0.4) is 0 Å². The minimum absolute atomic E-state index is 0.0355. The van der Waals surface area contributed by atoms with Crippen molar-refractivity contribution in [3.8, 4) is 0 Å². The molecule has 2 heterocycles. The van der Waals surface area contributed by atoms with Crippen molar-refractivity contribution in [3.63, 3.8) is 0 Å². The summed E-state index contributed by atoms with van der Waals surface area (Å²) in [5, 5.41) is 0. The first-order valence-corrected chi connectivity index (χ1v) is 5.92. The Morgan fingerprint density at radius 3 is 3.00 bits per heavy atom. The van der Waals surface area contributed by atoms with Crippen molar-refractivity contribution in [2.45, 2.75) is 32.2 Å². The first-order chi connectivity index (χ1) is 7.74. The average molecular weight is 226 g/mol. The van der Waals surface area contributed by atoms with Crippen molar-refractivity contribution < 1.29 is 14.3 Å². The van der Waals surface area contributed by atoms with Crippen LogP contribution in [0.1, 0.15) is 26.2 Å². The normalized spacial score (nSPS) is 25.9. The van der Waals surface area contributed by atoms with Crippen molar-refractivity contribution in [1.82, 2.24) is 9.80 Å². The van der Waals surface area contributed by atoms with Crippen LogP contribution >= 0.6 is 0 Å². The van der Waals surface area contributed by atoms with Crippen LogP contribution in [0.2, 0.25) is 0 Å². The molecule has 3 amide bonds. The summed E-state index contributed by atoms with van der Waals surface area (Å²) in [6, 6.07) is -0.162. The third kappa shape index (κ3) is 2.04. The van der Waals surface area contributed by atoms with Crippen LogP contribution in [0.4, 0.5) is 4.79 Å². The molecule has 2 aliphatic heterocycles. The monoisotopic (exact) mass is 226 g/mol. The van der Waals surface area contributed by atoms with Gasteiger partial charge in [-0.3, -0.25) is 9.69 Å². The number of urea groups is 1. The van der Waals surface area contributed by atoms with Gasteiger partial charge in [0.05, 0.1) is 25.7 Å². The number of morpholine rings is 1. The van der Waals surface area contributed by atoms with Crippen LogP contribution in [0.15, 0.2) is 0 Å². The summed E-state index contributed by atoms with van der Waals surface area (Å²) in [6.07, 6.45) is 2.28. The summed E-state index contributed by atoms with van der Waals surface area (Å²) in [6.45, 7) is 4.30. The van der Waals surface area contributed by atoms with Gasteiger partial charge >= 0.3 is 6.03 Å². The predicted octanol–water partition coefficient (Wildman–Crippen LogP) is 0.840. The number of carbonyl (C=O) groups is 2. The van der Waals surface area contributed by atoms with E-state index in [-0.39, 0.29) is 18.0 Å². The van der Waals surface area contributed by atoms with Gasteiger partial charge in [0, 0.05) is 13.1 Å². The zero-order valence-corrected chi connectivity index (χ0v) is 9.65. The van der Waals surface area contributed by atoms with E-state index in [0.717, 1.165) is 12.8 Å². The second-order valence-electron chi connectivity index (χ2n) is 4.31. The van der Waals surface area contributed by atoms with Crippen molar-refractivity contribution >= 4 is 11.9 Å². The van der Waals surface area contributed by atoms with E-state index in [0.29, 0.717) is 32.7 Å². The van der Waals surface area contributed by atoms with Crippen molar-refractivity contribution in [2.75, 3.05) is 26.3 Å². The molecular weight excluding hydrogens is 208 g/mol. The molecule has 2 aliphatic rings. The summed E-state index contributed by atoms with van der Waals surface area (Å²) in [7, 11) is 0. The lowest BCUT2D eigenvalue weighted by molar-refractivity contribution is -0.135. The third-order valence-electron chi connectivity index (χ3n) is 3.15. The number of unbranched alkanes of at least 4 members (excludes halogenated alkanes) is 1. The molecule has 0 aromatic rings.